The summed E-state index contributed by atoms with van der Waals surface area (Å²) in [6.45, 7) is 2.73. The summed E-state index contributed by atoms with van der Waals surface area (Å²) in [6, 6.07) is 6.23. The summed E-state index contributed by atoms with van der Waals surface area (Å²) >= 11 is 0. The van der Waals surface area contributed by atoms with Gasteiger partial charge >= 0.3 is 5.97 Å². The van der Waals surface area contributed by atoms with Crippen LogP contribution in [-0.2, 0) is 9.59 Å². The highest BCUT2D eigenvalue weighted by atomic mass is 16.4. The standard InChI is InChI=1S/C13H14N2O4/c1-7(8(2)13(18)19)12(17)15-10-6-4-3-5-9(10)11(14)16/h3-6H,1-2H3,(H2,14,16)(H,15,17)(H,18,19). The molecule has 0 unspecified atom stereocenters. The number of anilines is 1. The topological polar surface area (TPSA) is 109 Å². The highest BCUT2D eigenvalue weighted by Gasteiger charge is 2.15. The summed E-state index contributed by atoms with van der Waals surface area (Å²) in [4.78, 5) is 33.8. The molecule has 19 heavy (non-hydrogen) atoms. The summed E-state index contributed by atoms with van der Waals surface area (Å²) < 4.78 is 0. The summed E-state index contributed by atoms with van der Waals surface area (Å²) in [5.74, 6) is -2.43. The Morgan fingerprint density at radius 3 is 2.21 bits per heavy atom. The van der Waals surface area contributed by atoms with Crippen molar-refractivity contribution in [2.45, 2.75) is 13.8 Å². The maximum Gasteiger partial charge on any atom is 0.331 e. The maximum absolute atomic E-state index is 11.8. The fraction of sp³-hybridized carbons (Fsp3) is 0.154. The Labute approximate surface area is 109 Å². The van der Waals surface area contributed by atoms with Gasteiger partial charge in [0.1, 0.15) is 0 Å². The van der Waals surface area contributed by atoms with Crippen molar-refractivity contribution in [3.63, 3.8) is 0 Å². The lowest BCUT2D eigenvalue weighted by atomic mass is 10.1. The van der Waals surface area contributed by atoms with Gasteiger partial charge in [0.05, 0.1) is 11.3 Å². The van der Waals surface area contributed by atoms with Gasteiger partial charge in [-0.2, -0.15) is 0 Å². The van der Waals surface area contributed by atoms with Gasteiger partial charge in [0.15, 0.2) is 0 Å². The van der Waals surface area contributed by atoms with Crippen molar-refractivity contribution in [1.29, 1.82) is 0 Å². The molecule has 1 rings (SSSR count). The molecule has 0 bridgehead atoms. The van der Waals surface area contributed by atoms with Crippen LogP contribution in [0.1, 0.15) is 24.2 Å². The van der Waals surface area contributed by atoms with E-state index in [4.69, 9.17) is 10.8 Å². The first-order chi connectivity index (χ1) is 8.84. The molecule has 2 amide bonds. The van der Waals surface area contributed by atoms with Gasteiger partial charge in [0.25, 0.3) is 11.8 Å². The van der Waals surface area contributed by atoms with E-state index in [2.05, 4.69) is 5.32 Å². The molecular formula is C13H14N2O4. The number of aliphatic carboxylic acids is 1. The van der Waals surface area contributed by atoms with E-state index in [0.717, 1.165) is 0 Å². The number of carbonyl (C=O) groups is 3. The third-order valence-electron chi connectivity index (χ3n) is 2.66. The predicted molar refractivity (Wildman–Crippen MR) is 69.6 cm³/mol. The van der Waals surface area contributed by atoms with Crippen LogP contribution in [0.25, 0.3) is 0 Å². The van der Waals surface area contributed by atoms with E-state index < -0.39 is 17.8 Å². The monoisotopic (exact) mass is 262 g/mol. The van der Waals surface area contributed by atoms with Gasteiger partial charge in [0, 0.05) is 11.1 Å². The molecule has 1 aromatic carbocycles. The number of amides is 2. The molecule has 1 aromatic rings. The number of nitrogens with one attached hydrogen (secondary N) is 1. The average Bonchev–Trinajstić information content (AvgIpc) is 2.37. The zero-order valence-corrected chi connectivity index (χ0v) is 10.6. The molecule has 0 aliphatic rings. The first kappa shape index (κ1) is 14.4. The smallest absolute Gasteiger partial charge is 0.331 e. The zero-order valence-electron chi connectivity index (χ0n) is 10.6. The van der Waals surface area contributed by atoms with Crippen LogP contribution in [0, 0.1) is 0 Å². The molecular weight excluding hydrogens is 248 g/mol. The van der Waals surface area contributed by atoms with Crippen molar-refractivity contribution >= 4 is 23.5 Å². The van der Waals surface area contributed by atoms with Gasteiger partial charge < -0.3 is 16.2 Å². The number of para-hydroxylation sites is 1. The summed E-state index contributed by atoms with van der Waals surface area (Å²) in [6.07, 6.45) is 0. The largest absolute Gasteiger partial charge is 0.478 e. The maximum atomic E-state index is 11.8. The molecule has 0 heterocycles. The van der Waals surface area contributed by atoms with Crippen molar-refractivity contribution < 1.29 is 19.5 Å². The van der Waals surface area contributed by atoms with Crippen molar-refractivity contribution in [3.05, 3.63) is 41.0 Å². The molecule has 4 N–H and O–H groups in total. The molecule has 0 fully saturated rings. The fourth-order valence-corrected chi connectivity index (χ4v) is 1.35. The van der Waals surface area contributed by atoms with E-state index in [1.165, 1.54) is 26.0 Å². The minimum Gasteiger partial charge on any atom is -0.478 e. The van der Waals surface area contributed by atoms with Crippen LogP contribution in [0.3, 0.4) is 0 Å². The fourth-order valence-electron chi connectivity index (χ4n) is 1.35. The summed E-state index contributed by atoms with van der Waals surface area (Å²) in [5, 5.41) is 11.3. The molecule has 6 heteroatoms. The molecule has 0 saturated carbocycles. The summed E-state index contributed by atoms with van der Waals surface area (Å²) in [5.41, 5.74) is 5.59. The normalized spacial score (nSPS) is 11.5. The van der Waals surface area contributed by atoms with Gasteiger partial charge in [0.2, 0.25) is 0 Å². The predicted octanol–water partition coefficient (Wildman–Crippen LogP) is 1.15. The second kappa shape index (κ2) is 5.81. The second-order valence-corrected chi connectivity index (χ2v) is 3.92. The number of primary amides is 1. The van der Waals surface area contributed by atoms with Crippen molar-refractivity contribution in [3.8, 4) is 0 Å². The van der Waals surface area contributed by atoms with Gasteiger partial charge in [-0.05, 0) is 26.0 Å². The third kappa shape index (κ3) is 3.41. The average molecular weight is 262 g/mol. The van der Waals surface area contributed by atoms with E-state index in [-0.39, 0.29) is 22.4 Å². The lowest BCUT2D eigenvalue weighted by molar-refractivity contribution is -0.133. The Morgan fingerprint density at radius 2 is 1.68 bits per heavy atom. The Bertz CT molecular complexity index is 576. The molecule has 100 valence electrons. The Kier molecular flexibility index (Phi) is 4.41. The number of nitrogens with two attached hydrogens (primary N) is 1. The van der Waals surface area contributed by atoms with E-state index in [1.54, 1.807) is 12.1 Å². The Morgan fingerprint density at radius 1 is 1.11 bits per heavy atom. The first-order valence-electron chi connectivity index (χ1n) is 5.45. The molecule has 0 aliphatic heterocycles. The molecule has 0 aromatic heterocycles. The number of hydrogen-bond donors (Lipinski definition) is 3. The number of carbonyl (C=O) groups excluding carboxylic acids is 2. The molecule has 0 aliphatic carbocycles. The van der Waals surface area contributed by atoms with Gasteiger partial charge in [-0.25, -0.2) is 4.79 Å². The van der Waals surface area contributed by atoms with Crippen LogP contribution in [0.5, 0.6) is 0 Å². The lowest BCUT2D eigenvalue weighted by Crippen LogP contribution is -2.20. The van der Waals surface area contributed by atoms with Crippen molar-refractivity contribution in [2.24, 2.45) is 5.73 Å². The Balaban J connectivity index is 3.05. The van der Waals surface area contributed by atoms with Crippen LogP contribution in [-0.4, -0.2) is 22.9 Å². The van der Waals surface area contributed by atoms with Crippen LogP contribution >= 0.6 is 0 Å². The molecule has 0 radical (unpaired) electrons. The lowest BCUT2D eigenvalue weighted by Gasteiger charge is -2.09. The van der Waals surface area contributed by atoms with Crippen LogP contribution in [0.2, 0.25) is 0 Å². The van der Waals surface area contributed by atoms with Crippen molar-refractivity contribution in [1.82, 2.24) is 0 Å². The number of benzene rings is 1. The highest BCUT2D eigenvalue weighted by Crippen LogP contribution is 2.16. The van der Waals surface area contributed by atoms with Crippen LogP contribution < -0.4 is 11.1 Å². The van der Waals surface area contributed by atoms with E-state index in [9.17, 15) is 14.4 Å². The minimum atomic E-state index is -1.17. The number of carboxylic acids is 1. The molecule has 0 spiro atoms. The van der Waals surface area contributed by atoms with E-state index >= 15 is 0 Å². The Hall–Kier alpha value is -2.63. The van der Waals surface area contributed by atoms with Gasteiger partial charge in [-0.15, -0.1) is 0 Å². The number of hydrogen-bond acceptors (Lipinski definition) is 3. The zero-order chi connectivity index (χ0) is 14.6. The molecule has 0 saturated heterocycles. The molecule has 0 atom stereocenters. The first-order valence-corrected chi connectivity index (χ1v) is 5.45. The quantitative estimate of drug-likeness (QED) is 0.707. The minimum absolute atomic E-state index is 0.0611. The van der Waals surface area contributed by atoms with Crippen LogP contribution in [0.4, 0.5) is 5.69 Å². The SMILES string of the molecule is CC(C(=O)O)=C(C)C(=O)Nc1ccccc1C(N)=O. The van der Waals surface area contributed by atoms with E-state index in [1.807, 2.05) is 0 Å². The van der Waals surface area contributed by atoms with Gasteiger partial charge in [-0.3, -0.25) is 9.59 Å². The second-order valence-electron chi connectivity index (χ2n) is 3.92. The summed E-state index contributed by atoms with van der Waals surface area (Å²) in [7, 11) is 0. The number of rotatable bonds is 4. The molecule has 6 nitrogen and oxygen atoms in total. The number of carboxylic acid groups (broad SMARTS) is 1. The third-order valence-corrected chi connectivity index (χ3v) is 2.66. The van der Waals surface area contributed by atoms with Gasteiger partial charge in [-0.1, -0.05) is 12.1 Å². The van der Waals surface area contributed by atoms with Crippen LogP contribution in [0.15, 0.2) is 35.4 Å². The van der Waals surface area contributed by atoms with E-state index in [0.29, 0.717) is 0 Å². The van der Waals surface area contributed by atoms with Crippen molar-refractivity contribution in [2.75, 3.05) is 5.32 Å². The highest BCUT2D eigenvalue weighted by molar-refractivity contribution is 6.10.